The van der Waals surface area contributed by atoms with Gasteiger partial charge in [0.1, 0.15) is 0 Å². The Morgan fingerprint density at radius 3 is 2.30 bits per heavy atom. The molecule has 27 heavy (non-hydrogen) atoms. The second kappa shape index (κ2) is 10.3. The number of amides is 3. The molecule has 7 nitrogen and oxygen atoms in total. The zero-order valence-electron chi connectivity index (χ0n) is 16.6. The van der Waals surface area contributed by atoms with Gasteiger partial charge in [-0.3, -0.25) is 19.3 Å². The summed E-state index contributed by atoms with van der Waals surface area (Å²) in [5, 5.41) is 8.70. The summed E-state index contributed by atoms with van der Waals surface area (Å²) in [6.45, 7) is 9.91. The fourth-order valence-corrected chi connectivity index (χ4v) is 2.49. The quantitative estimate of drug-likeness (QED) is 0.626. The number of anilines is 1. The van der Waals surface area contributed by atoms with Gasteiger partial charge < -0.3 is 16.0 Å². The lowest BCUT2D eigenvalue weighted by Crippen LogP contribution is -2.48. The van der Waals surface area contributed by atoms with Crippen LogP contribution in [-0.2, 0) is 14.4 Å². The van der Waals surface area contributed by atoms with Gasteiger partial charge in [-0.05, 0) is 51.9 Å². The third kappa shape index (κ3) is 8.88. The third-order valence-electron chi connectivity index (χ3n) is 3.68. The SMILES string of the molecule is CCN(CC(=O)NCC(=O)Nc1cccc(Cl)c1C)CC(=O)NC(C)(C)C. The summed E-state index contributed by atoms with van der Waals surface area (Å²) >= 11 is 6.02. The molecule has 0 spiro atoms. The summed E-state index contributed by atoms with van der Waals surface area (Å²) in [4.78, 5) is 37.8. The van der Waals surface area contributed by atoms with Crippen LogP contribution in [0.2, 0.25) is 5.02 Å². The summed E-state index contributed by atoms with van der Waals surface area (Å²) in [5.74, 6) is -0.813. The van der Waals surface area contributed by atoms with E-state index in [-0.39, 0.29) is 42.9 Å². The first-order valence-electron chi connectivity index (χ1n) is 8.87. The Labute approximate surface area is 165 Å². The normalized spacial score (nSPS) is 11.2. The lowest BCUT2D eigenvalue weighted by Gasteiger charge is -2.24. The lowest BCUT2D eigenvalue weighted by atomic mass is 10.1. The van der Waals surface area contributed by atoms with Crippen molar-refractivity contribution in [3.05, 3.63) is 28.8 Å². The molecule has 0 aliphatic heterocycles. The fraction of sp³-hybridized carbons (Fsp3) is 0.526. The Kier molecular flexibility index (Phi) is 8.72. The number of benzene rings is 1. The number of carbonyl (C=O) groups is 3. The Hall–Kier alpha value is -2.12. The van der Waals surface area contributed by atoms with Crippen molar-refractivity contribution in [2.24, 2.45) is 0 Å². The van der Waals surface area contributed by atoms with Crippen molar-refractivity contribution < 1.29 is 14.4 Å². The smallest absolute Gasteiger partial charge is 0.243 e. The van der Waals surface area contributed by atoms with E-state index in [1.165, 1.54) is 0 Å². The minimum atomic E-state index is -0.345. The molecule has 0 saturated heterocycles. The average molecular weight is 397 g/mol. The van der Waals surface area contributed by atoms with Crippen LogP contribution in [-0.4, -0.2) is 54.3 Å². The number of nitrogens with zero attached hydrogens (tertiary/aromatic N) is 1. The van der Waals surface area contributed by atoms with Crippen molar-refractivity contribution in [2.75, 3.05) is 31.5 Å². The molecule has 3 amide bonds. The van der Waals surface area contributed by atoms with Crippen LogP contribution in [0.3, 0.4) is 0 Å². The Morgan fingerprint density at radius 1 is 1.07 bits per heavy atom. The lowest BCUT2D eigenvalue weighted by molar-refractivity contribution is -0.127. The van der Waals surface area contributed by atoms with Crippen LogP contribution >= 0.6 is 11.6 Å². The molecule has 3 N–H and O–H groups in total. The highest BCUT2D eigenvalue weighted by atomic mass is 35.5. The zero-order chi connectivity index (χ0) is 20.6. The van der Waals surface area contributed by atoms with Crippen molar-refractivity contribution >= 4 is 35.0 Å². The van der Waals surface area contributed by atoms with E-state index in [1.54, 1.807) is 30.0 Å². The predicted molar refractivity (Wildman–Crippen MR) is 108 cm³/mol. The highest BCUT2D eigenvalue weighted by Gasteiger charge is 2.18. The van der Waals surface area contributed by atoms with Gasteiger partial charge in [-0.1, -0.05) is 24.6 Å². The average Bonchev–Trinajstić information content (AvgIpc) is 2.55. The number of carbonyl (C=O) groups excluding carboxylic acids is 3. The molecule has 0 fully saturated rings. The summed E-state index contributed by atoms with van der Waals surface area (Å²) in [6, 6.07) is 5.22. The highest BCUT2D eigenvalue weighted by Crippen LogP contribution is 2.22. The topological polar surface area (TPSA) is 90.5 Å². The molecule has 1 aromatic rings. The number of nitrogens with one attached hydrogen (secondary N) is 3. The highest BCUT2D eigenvalue weighted by molar-refractivity contribution is 6.31. The van der Waals surface area contributed by atoms with E-state index in [1.807, 2.05) is 27.7 Å². The van der Waals surface area contributed by atoms with Crippen LogP contribution in [0.25, 0.3) is 0 Å². The van der Waals surface area contributed by atoms with Crippen LogP contribution in [0.5, 0.6) is 0 Å². The molecule has 0 heterocycles. The van der Waals surface area contributed by atoms with Gasteiger partial charge in [-0.25, -0.2) is 0 Å². The molecular weight excluding hydrogens is 368 g/mol. The summed E-state index contributed by atoms with van der Waals surface area (Å²) in [7, 11) is 0. The molecule has 0 saturated carbocycles. The predicted octanol–water partition coefficient (Wildman–Crippen LogP) is 1.94. The van der Waals surface area contributed by atoms with E-state index in [2.05, 4.69) is 16.0 Å². The molecule has 1 rings (SSSR count). The van der Waals surface area contributed by atoms with E-state index in [4.69, 9.17) is 11.6 Å². The second-order valence-corrected chi connectivity index (χ2v) is 7.75. The third-order valence-corrected chi connectivity index (χ3v) is 4.09. The number of likely N-dealkylation sites (N-methyl/N-ethyl adjacent to an activating group) is 1. The van der Waals surface area contributed by atoms with Gasteiger partial charge in [-0.2, -0.15) is 0 Å². The molecule has 0 aromatic heterocycles. The molecule has 0 aliphatic rings. The zero-order valence-corrected chi connectivity index (χ0v) is 17.4. The Bertz CT molecular complexity index is 686. The molecule has 0 aliphatic carbocycles. The molecule has 0 bridgehead atoms. The Balaban J connectivity index is 2.45. The maximum absolute atomic E-state index is 12.1. The van der Waals surface area contributed by atoms with Gasteiger partial charge in [0.2, 0.25) is 17.7 Å². The van der Waals surface area contributed by atoms with Crippen LogP contribution < -0.4 is 16.0 Å². The number of hydrogen-bond donors (Lipinski definition) is 3. The minimum absolute atomic E-state index is 0.0392. The monoisotopic (exact) mass is 396 g/mol. The number of rotatable bonds is 8. The van der Waals surface area contributed by atoms with Gasteiger partial charge >= 0.3 is 0 Å². The van der Waals surface area contributed by atoms with Crippen molar-refractivity contribution in [1.29, 1.82) is 0 Å². The maximum Gasteiger partial charge on any atom is 0.243 e. The second-order valence-electron chi connectivity index (χ2n) is 7.34. The number of hydrogen-bond acceptors (Lipinski definition) is 4. The van der Waals surface area contributed by atoms with Crippen molar-refractivity contribution in [1.82, 2.24) is 15.5 Å². The van der Waals surface area contributed by atoms with Crippen molar-refractivity contribution in [3.8, 4) is 0 Å². The van der Waals surface area contributed by atoms with E-state index in [0.717, 1.165) is 5.56 Å². The summed E-state index contributed by atoms with van der Waals surface area (Å²) < 4.78 is 0. The summed E-state index contributed by atoms with van der Waals surface area (Å²) in [6.07, 6.45) is 0. The molecule has 150 valence electrons. The van der Waals surface area contributed by atoms with E-state index in [0.29, 0.717) is 17.3 Å². The van der Waals surface area contributed by atoms with Gasteiger partial charge in [-0.15, -0.1) is 0 Å². The minimum Gasteiger partial charge on any atom is -0.350 e. The summed E-state index contributed by atoms with van der Waals surface area (Å²) in [5.41, 5.74) is 1.05. The first kappa shape index (κ1) is 22.9. The van der Waals surface area contributed by atoms with E-state index in [9.17, 15) is 14.4 Å². The number of halogens is 1. The van der Waals surface area contributed by atoms with Crippen molar-refractivity contribution in [3.63, 3.8) is 0 Å². The van der Waals surface area contributed by atoms with Gasteiger partial charge in [0.25, 0.3) is 0 Å². The largest absolute Gasteiger partial charge is 0.350 e. The van der Waals surface area contributed by atoms with Crippen LogP contribution in [0.15, 0.2) is 18.2 Å². The standard InChI is InChI=1S/C19H29ClN4O3/c1-6-24(12-18(27)23-19(3,4)5)11-17(26)21-10-16(25)22-15-9-7-8-14(20)13(15)2/h7-9H,6,10-12H2,1-5H3,(H,21,26)(H,22,25)(H,23,27). The van der Waals surface area contributed by atoms with Crippen molar-refractivity contribution in [2.45, 2.75) is 40.2 Å². The van der Waals surface area contributed by atoms with E-state index >= 15 is 0 Å². The first-order valence-corrected chi connectivity index (χ1v) is 9.24. The van der Waals surface area contributed by atoms with Gasteiger partial charge in [0.15, 0.2) is 0 Å². The first-order chi connectivity index (χ1) is 12.5. The Morgan fingerprint density at radius 2 is 1.70 bits per heavy atom. The van der Waals surface area contributed by atoms with Crippen LogP contribution in [0, 0.1) is 6.92 Å². The molecule has 0 atom stereocenters. The van der Waals surface area contributed by atoms with E-state index < -0.39 is 0 Å². The molecule has 0 radical (unpaired) electrons. The van der Waals surface area contributed by atoms with Crippen LogP contribution in [0.1, 0.15) is 33.3 Å². The fourth-order valence-electron chi connectivity index (χ4n) is 2.32. The molecule has 8 heteroatoms. The van der Waals surface area contributed by atoms with Gasteiger partial charge in [0.05, 0.1) is 19.6 Å². The molecule has 0 unspecified atom stereocenters. The van der Waals surface area contributed by atoms with Gasteiger partial charge in [0, 0.05) is 16.2 Å². The molecular formula is C19H29ClN4O3. The van der Waals surface area contributed by atoms with Crippen LogP contribution in [0.4, 0.5) is 5.69 Å². The maximum atomic E-state index is 12.1. The molecule has 1 aromatic carbocycles.